The van der Waals surface area contributed by atoms with Crippen LogP contribution in [-0.2, 0) is 0 Å². The van der Waals surface area contributed by atoms with Crippen molar-refractivity contribution in [3.63, 3.8) is 0 Å². The van der Waals surface area contributed by atoms with Gasteiger partial charge < -0.3 is 11.1 Å². The average Bonchev–Trinajstić information content (AvgIpc) is 2.22. The van der Waals surface area contributed by atoms with Crippen LogP contribution in [-0.4, -0.2) is 13.1 Å². The van der Waals surface area contributed by atoms with E-state index in [4.69, 9.17) is 17.3 Å². The monoisotopic (exact) mass is 238 g/mol. The molecule has 0 amide bonds. The second-order valence-electron chi connectivity index (χ2n) is 4.87. The van der Waals surface area contributed by atoms with Crippen molar-refractivity contribution in [2.24, 2.45) is 11.1 Å². The lowest BCUT2D eigenvalue weighted by molar-refractivity contribution is 0.163. The molecule has 0 atom stereocenters. The molecule has 1 fully saturated rings. The molecule has 0 saturated heterocycles. The van der Waals surface area contributed by atoms with E-state index < -0.39 is 0 Å². The van der Waals surface area contributed by atoms with E-state index in [1.807, 2.05) is 18.2 Å². The Morgan fingerprint density at radius 1 is 1.44 bits per heavy atom. The third kappa shape index (κ3) is 2.33. The number of aryl methyl sites for hydroxylation is 1. The van der Waals surface area contributed by atoms with E-state index in [1.54, 1.807) is 0 Å². The minimum absolute atomic E-state index is 0.328. The van der Waals surface area contributed by atoms with Crippen molar-refractivity contribution in [3.05, 3.63) is 28.8 Å². The first-order valence-electron chi connectivity index (χ1n) is 5.85. The van der Waals surface area contributed by atoms with Crippen LogP contribution in [0.4, 0.5) is 5.69 Å². The number of nitrogens with two attached hydrogens (primary N) is 1. The summed E-state index contributed by atoms with van der Waals surface area (Å²) >= 11 is 5.98. The highest BCUT2D eigenvalue weighted by Gasteiger charge is 2.35. The van der Waals surface area contributed by atoms with Gasteiger partial charge in [0.1, 0.15) is 0 Å². The van der Waals surface area contributed by atoms with Crippen molar-refractivity contribution in [1.82, 2.24) is 0 Å². The van der Waals surface area contributed by atoms with Crippen molar-refractivity contribution in [3.8, 4) is 0 Å². The van der Waals surface area contributed by atoms with Crippen LogP contribution in [0, 0.1) is 12.3 Å². The van der Waals surface area contributed by atoms with Crippen molar-refractivity contribution in [2.45, 2.75) is 26.2 Å². The summed E-state index contributed by atoms with van der Waals surface area (Å²) in [5, 5.41) is 4.26. The van der Waals surface area contributed by atoms with E-state index in [-0.39, 0.29) is 0 Å². The summed E-state index contributed by atoms with van der Waals surface area (Å²) in [5.41, 5.74) is 8.53. The van der Waals surface area contributed by atoms with Crippen LogP contribution < -0.4 is 11.1 Å². The summed E-state index contributed by atoms with van der Waals surface area (Å²) < 4.78 is 0. The molecule has 0 aliphatic heterocycles. The number of halogens is 1. The molecular formula is C13H19ClN2. The summed E-state index contributed by atoms with van der Waals surface area (Å²) in [5.74, 6) is 0. The molecule has 16 heavy (non-hydrogen) atoms. The van der Waals surface area contributed by atoms with Gasteiger partial charge in [-0.1, -0.05) is 24.1 Å². The van der Waals surface area contributed by atoms with E-state index in [2.05, 4.69) is 12.2 Å². The summed E-state index contributed by atoms with van der Waals surface area (Å²) in [6.07, 6.45) is 3.81. The van der Waals surface area contributed by atoms with Gasteiger partial charge >= 0.3 is 0 Å². The molecule has 1 saturated carbocycles. The highest BCUT2D eigenvalue weighted by molar-refractivity contribution is 6.30. The maximum absolute atomic E-state index is 5.98. The number of anilines is 1. The Hall–Kier alpha value is -0.730. The normalized spacial score (nSPS) is 17.9. The molecule has 1 aliphatic rings. The predicted octanol–water partition coefficient (Wildman–Crippen LogP) is 3.19. The summed E-state index contributed by atoms with van der Waals surface area (Å²) in [4.78, 5) is 0. The molecule has 2 rings (SSSR count). The Bertz CT molecular complexity index is 367. The van der Waals surface area contributed by atoms with E-state index in [9.17, 15) is 0 Å². The summed E-state index contributed by atoms with van der Waals surface area (Å²) in [6.45, 7) is 3.83. The van der Waals surface area contributed by atoms with E-state index in [0.29, 0.717) is 5.41 Å². The van der Waals surface area contributed by atoms with Crippen LogP contribution in [0.25, 0.3) is 0 Å². The molecule has 88 valence electrons. The molecule has 2 nitrogen and oxygen atoms in total. The van der Waals surface area contributed by atoms with Gasteiger partial charge in [-0.3, -0.25) is 0 Å². The molecule has 0 radical (unpaired) electrons. The van der Waals surface area contributed by atoms with Gasteiger partial charge in [0.15, 0.2) is 0 Å². The second-order valence-corrected chi connectivity index (χ2v) is 5.31. The van der Waals surface area contributed by atoms with Crippen molar-refractivity contribution < 1.29 is 0 Å². The van der Waals surface area contributed by atoms with Gasteiger partial charge in [-0.25, -0.2) is 0 Å². The van der Waals surface area contributed by atoms with Crippen LogP contribution in [0.2, 0.25) is 5.02 Å². The molecule has 3 N–H and O–H groups in total. The lowest BCUT2D eigenvalue weighted by Gasteiger charge is -2.41. The average molecular weight is 239 g/mol. The van der Waals surface area contributed by atoms with Crippen molar-refractivity contribution >= 4 is 17.3 Å². The smallest absolute Gasteiger partial charge is 0.0426 e. The molecule has 1 aromatic rings. The van der Waals surface area contributed by atoms with Gasteiger partial charge in [0.05, 0.1) is 0 Å². The van der Waals surface area contributed by atoms with Crippen LogP contribution in [0.3, 0.4) is 0 Å². The fraction of sp³-hybridized carbons (Fsp3) is 0.538. The van der Waals surface area contributed by atoms with Crippen molar-refractivity contribution in [2.75, 3.05) is 18.4 Å². The quantitative estimate of drug-likeness (QED) is 0.846. The third-order valence-electron chi connectivity index (χ3n) is 3.70. The molecule has 0 unspecified atom stereocenters. The minimum atomic E-state index is 0.328. The Labute approximate surface area is 102 Å². The van der Waals surface area contributed by atoms with Crippen LogP contribution in [0.5, 0.6) is 0 Å². The molecular weight excluding hydrogens is 220 g/mol. The van der Waals surface area contributed by atoms with Gasteiger partial charge in [-0.05, 0) is 49.4 Å². The fourth-order valence-electron chi connectivity index (χ4n) is 2.20. The maximum Gasteiger partial charge on any atom is 0.0426 e. The van der Waals surface area contributed by atoms with Gasteiger partial charge in [0.2, 0.25) is 0 Å². The fourth-order valence-corrected chi connectivity index (χ4v) is 2.37. The van der Waals surface area contributed by atoms with Gasteiger partial charge in [0.25, 0.3) is 0 Å². The Balaban J connectivity index is 2.01. The Morgan fingerprint density at radius 2 is 2.19 bits per heavy atom. The topological polar surface area (TPSA) is 38.0 Å². The Morgan fingerprint density at radius 3 is 2.75 bits per heavy atom. The molecule has 0 spiro atoms. The van der Waals surface area contributed by atoms with Gasteiger partial charge in [0, 0.05) is 17.3 Å². The highest BCUT2D eigenvalue weighted by Crippen LogP contribution is 2.40. The minimum Gasteiger partial charge on any atom is -0.384 e. The van der Waals surface area contributed by atoms with Crippen LogP contribution in [0.1, 0.15) is 24.8 Å². The van der Waals surface area contributed by atoms with Gasteiger partial charge in [-0.2, -0.15) is 0 Å². The largest absolute Gasteiger partial charge is 0.384 e. The SMILES string of the molecule is Cc1ccc(Cl)cc1NCC1(CN)CCC1. The first-order chi connectivity index (χ1) is 7.65. The summed E-state index contributed by atoms with van der Waals surface area (Å²) in [6, 6.07) is 5.95. The third-order valence-corrected chi connectivity index (χ3v) is 3.94. The number of benzene rings is 1. The van der Waals surface area contributed by atoms with E-state index in [0.717, 1.165) is 23.8 Å². The molecule has 3 heteroatoms. The first-order valence-corrected chi connectivity index (χ1v) is 6.23. The number of hydrogen-bond acceptors (Lipinski definition) is 2. The van der Waals surface area contributed by atoms with Gasteiger partial charge in [-0.15, -0.1) is 0 Å². The maximum atomic E-state index is 5.98. The zero-order valence-electron chi connectivity index (χ0n) is 9.72. The zero-order chi connectivity index (χ0) is 11.6. The highest BCUT2D eigenvalue weighted by atomic mass is 35.5. The van der Waals surface area contributed by atoms with E-state index in [1.165, 1.54) is 24.8 Å². The van der Waals surface area contributed by atoms with E-state index >= 15 is 0 Å². The summed E-state index contributed by atoms with van der Waals surface area (Å²) in [7, 11) is 0. The molecule has 0 heterocycles. The number of hydrogen-bond donors (Lipinski definition) is 2. The lowest BCUT2D eigenvalue weighted by Crippen LogP contribution is -2.43. The number of nitrogens with one attached hydrogen (secondary N) is 1. The van der Waals surface area contributed by atoms with Crippen molar-refractivity contribution in [1.29, 1.82) is 0 Å². The molecule has 0 aromatic heterocycles. The molecule has 1 aromatic carbocycles. The second kappa shape index (κ2) is 4.64. The predicted molar refractivity (Wildman–Crippen MR) is 70.0 cm³/mol. The zero-order valence-corrected chi connectivity index (χ0v) is 10.5. The molecule has 1 aliphatic carbocycles. The lowest BCUT2D eigenvalue weighted by atomic mass is 9.69. The standard InChI is InChI=1S/C13H19ClN2/c1-10-3-4-11(14)7-12(10)16-9-13(8-15)5-2-6-13/h3-4,7,16H,2,5-6,8-9,15H2,1H3. The van der Waals surface area contributed by atoms with Crippen LogP contribution >= 0.6 is 11.6 Å². The van der Waals surface area contributed by atoms with Crippen LogP contribution in [0.15, 0.2) is 18.2 Å². The first kappa shape index (κ1) is 11.7. The Kier molecular flexibility index (Phi) is 3.41. The molecule has 0 bridgehead atoms. The number of rotatable bonds is 4.